The summed E-state index contributed by atoms with van der Waals surface area (Å²) in [7, 11) is 0. The molecule has 4 nitrogen and oxygen atoms in total. The van der Waals surface area contributed by atoms with Crippen LogP contribution in [-0.2, 0) is 4.74 Å². The average Bonchev–Trinajstić information content (AvgIpc) is 2.51. The van der Waals surface area contributed by atoms with Crippen molar-refractivity contribution >= 4 is 6.09 Å². The summed E-state index contributed by atoms with van der Waals surface area (Å²) in [6, 6.07) is -0.588. The van der Waals surface area contributed by atoms with Crippen molar-refractivity contribution in [3.63, 3.8) is 0 Å². The van der Waals surface area contributed by atoms with E-state index in [0.717, 1.165) is 6.42 Å². The van der Waals surface area contributed by atoms with Crippen LogP contribution in [0.2, 0.25) is 0 Å². The van der Waals surface area contributed by atoms with Gasteiger partial charge in [0.25, 0.3) is 0 Å². The van der Waals surface area contributed by atoms with Gasteiger partial charge in [-0.15, -0.1) is 0 Å². The number of carbonyl (C=O) groups excluding carboxylic acids is 1. The minimum Gasteiger partial charge on any atom is -0.444 e. The highest BCUT2D eigenvalue weighted by molar-refractivity contribution is 5.69. The molecule has 0 aromatic rings. The van der Waals surface area contributed by atoms with Gasteiger partial charge >= 0.3 is 6.09 Å². The lowest BCUT2D eigenvalue weighted by molar-refractivity contribution is -0.0478. The van der Waals surface area contributed by atoms with Gasteiger partial charge < -0.3 is 9.84 Å². The van der Waals surface area contributed by atoms with Crippen LogP contribution in [0.4, 0.5) is 9.18 Å². The molecule has 1 amide bonds. The summed E-state index contributed by atoms with van der Waals surface area (Å²) >= 11 is 0. The summed E-state index contributed by atoms with van der Waals surface area (Å²) in [6.07, 6.45) is -1.06. The summed E-state index contributed by atoms with van der Waals surface area (Å²) in [5.74, 6) is 0. The minimum absolute atomic E-state index is 0.0724. The van der Waals surface area contributed by atoms with Crippen LogP contribution in [0.5, 0.6) is 0 Å². The number of nitrogens with zero attached hydrogens (tertiary/aromatic N) is 1. The predicted octanol–water partition coefficient (Wildman–Crippen LogP) is 1.86. The molecular formula is C12H20FNO3. The summed E-state index contributed by atoms with van der Waals surface area (Å²) in [5, 5.41) is 9.54. The number of aliphatic hydroxyl groups is 1. The predicted molar refractivity (Wildman–Crippen MR) is 60.4 cm³/mol. The molecule has 2 bridgehead atoms. The van der Waals surface area contributed by atoms with E-state index < -0.39 is 30.0 Å². The first-order chi connectivity index (χ1) is 7.79. The summed E-state index contributed by atoms with van der Waals surface area (Å²) < 4.78 is 19.1. The molecule has 0 radical (unpaired) electrons. The maximum Gasteiger partial charge on any atom is 0.410 e. The van der Waals surface area contributed by atoms with Gasteiger partial charge in [-0.2, -0.15) is 0 Å². The lowest BCUT2D eigenvalue weighted by Gasteiger charge is -2.39. The van der Waals surface area contributed by atoms with Crippen LogP contribution in [-0.4, -0.2) is 46.1 Å². The van der Waals surface area contributed by atoms with E-state index in [9.17, 15) is 14.3 Å². The quantitative estimate of drug-likeness (QED) is 0.708. The Morgan fingerprint density at radius 1 is 1.41 bits per heavy atom. The number of hydrogen-bond donors (Lipinski definition) is 1. The van der Waals surface area contributed by atoms with Crippen LogP contribution >= 0.6 is 0 Å². The Kier molecular flexibility index (Phi) is 3.06. The van der Waals surface area contributed by atoms with Gasteiger partial charge in [0.1, 0.15) is 11.8 Å². The minimum atomic E-state index is -1.35. The zero-order valence-electron chi connectivity index (χ0n) is 10.5. The van der Waals surface area contributed by atoms with E-state index in [-0.39, 0.29) is 6.04 Å². The Morgan fingerprint density at radius 3 is 2.65 bits per heavy atom. The third-order valence-corrected chi connectivity index (χ3v) is 3.40. The van der Waals surface area contributed by atoms with Gasteiger partial charge in [0.15, 0.2) is 0 Å². The number of amides is 1. The molecule has 0 unspecified atom stereocenters. The Bertz CT molecular complexity index is 315. The number of aliphatic hydroxyl groups excluding tert-OH is 1. The Morgan fingerprint density at radius 2 is 2.06 bits per heavy atom. The lowest BCUT2D eigenvalue weighted by Crippen LogP contribution is -2.55. The second-order valence-electron chi connectivity index (χ2n) is 5.93. The number of carbonyl (C=O) groups is 1. The molecule has 0 saturated carbocycles. The van der Waals surface area contributed by atoms with Crippen LogP contribution in [0.1, 0.15) is 40.0 Å². The Hall–Kier alpha value is -0.840. The highest BCUT2D eigenvalue weighted by Gasteiger charge is 2.50. The van der Waals surface area contributed by atoms with E-state index in [2.05, 4.69) is 0 Å². The zero-order valence-corrected chi connectivity index (χ0v) is 10.5. The van der Waals surface area contributed by atoms with E-state index in [1.54, 1.807) is 20.8 Å². The van der Waals surface area contributed by atoms with Crippen molar-refractivity contribution in [3.8, 4) is 0 Å². The van der Waals surface area contributed by atoms with Crippen molar-refractivity contribution in [2.45, 2.75) is 70.0 Å². The standard InChI is InChI=1S/C12H20FNO3/c1-12(2,3)17-11(16)14-7-4-5-8(14)10(13)9(15)6-7/h7-10,15H,4-6H2,1-3H3/t7-,8+,9-,10+/m1/s1. The molecule has 2 fully saturated rings. The zero-order chi connectivity index (χ0) is 12.8. The fourth-order valence-corrected chi connectivity index (χ4v) is 2.72. The van der Waals surface area contributed by atoms with Crippen LogP contribution in [0, 0.1) is 0 Å². The highest BCUT2D eigenvalue weighted by atomic mass is 19.1. The van der Waals surface area contributed by atoms with Crippen LogP contribution < -0.4 is 0 Å². The number of piperidine rings is 1. The molecule has 2 heterocycles. The van der Waals surface area contributed by atoms with Crippen molar-refractivity contribution in [2.24, 2.45) is 0 Å². The first-order valence-electron chi connectivity index (χ1n) is 6.13. The smallest absolute Gasteiger partial charge is 0.410 e. The molecule has 2 rings (SSSR count). The Labute approximate surface area is 101 Å². The molecule has 17 heavy (non-hydrogen) atoms. The van der Waals surface area contributed by atoms with Gasteiger partial charge in [0.05, 0.1) is 12.1 Å². The number of alkyl halides is 1. The number of hydrogen-bond acceptors (Lipinski definition) is 3. The summed E-state index contributed by atoms with van der Waals surface area (Å²) in [4.78, 5) is 13.5. The van der Waals surface area contributed by atoms with Gasteiger partial charge in [-0.25, -0.2) is 9.18 Å². The van der Waals surface area contributed by atoms with Gasteiger partial charge in [-0.3, -0.25) is 4.90 Å². The first kappa shape index (κ1) is 12.6. The first-order valence-corrected chi connectivity index (χ1v) is 6.13. The molecule has 2 aliphatic heterocycles. The van der Waals surface area contributed by atoms with Crippen molar-refractivity contribution < 1.29 is 19.0 Å². The number of fused-ring (bicyclic) bond motifs is 2. The summed E-state index contributed by atoms with van der Waals surface area (Å²) in [6.45, 7) is 5.37. The maximum atomic E-state index is 13.8. The monoisotopic (exact) mass is 245 g/mol. The fraction of sp³-hybridized carbons (Fsp3) is 0.917. The molecule has 0 aromatic heterocycles. The van der Waals surface area contributed by atoms with Crippen molar-refractivity contribution in [2.75, 3.05) is 0 Å². The van der Waals surface area contributed by atoms with E-state index in [1.807, 2.05) is 0 Å². The van der Waals surface area contributed by atoms with E-state index in [0.29, 0.717) is 12.8 Å². The van der Waals surface area contributed by atoms with Crippen LogP contribution in [0.25, 0.3) is 0 Å². The van der Waals surface area contributed by atoms with Gasteiger partial charge in [0.2, 0.25) is 0 Å². The number of ether oxygens (including phenoxy) is 1. The second kappa shape index (κ2) is 4.12. The van der Waals surface area contributed by atoms with Gasteiger partial charge in [0, 0.05) is 6.04 Å². The van der Waals surface area contributed by atoms with Crippen molar-refractivity contribution in [1.29, 1.82) is 0 Å². The molecule has 2 saturated heterocycles. The highest BCUT2D eigenvalue weighted by Crippen LogP contribution is 2.38. The molecule has 1 N–H and O–H groups in total. The largest absolute Gasteiger partial charge is 0.444 e. The fourth-order valence-electron chi connectivity index (χ4n) is 2.72. The molecule has 98 valence electrons. The molecule has 0 aliphatic carbocycles. The maximum absolute atomic E-state index is 13.8. The Balaban J connectivity index is 2.10. The molecule has 2 aliphatic rings. The number of halogens is 1. The topological polar surface area (TPSA) is 49.8 Å². The molecule has 0 aromatic carbocycles. The normalized spacial score (nSPS) is 37.1. The molecule has 0 spiro atoms. The van der Waals surface area contributed by atoms with E-state index in [1.165, 1.54) is 4.90 Å². The molecule has 4 atom stereocenters. The van der Waals surface area contributed by atoms with Crippen LogP contribution in [0.3, 0.4) is 0 Å². The SMILES string of the molecule is CC(C)(C)OC(=O)N1[C@@H]2CC[C@H]1[C@H](F)[C@H](O)C2. The van der Waals surface area contributed by atoms with Gasteiger partial charge in [-0.1, -0.05) is 0 Å². The van der Waals surface area contributed by atoms with Crippen molar-refractivity contribution in [1.82, 2.24) is 4.90 Å². The number of rotatable bonds is 0. The summed E-state index contributed by atoms with van der Waals surface area (Å²) in [5.41, 5.74) is -0.571. The van der Waals surface area contributed by atoms with Crippen molar-refractivity contribution in [3.05, 3.63) is 0 Å². The van der Waals surface area contributed by atoms with Gasteiger partial charge in [-0.05, 0) is 40.0 Å². The van der Waals surface area contributed by atoms with E-state index >= 15 is 0 Å². The second-order valence-corrected chi connectivity index (χ2v) is 5.93. The third kappa shape index (κ3) is 2.39. The molecule has 5 heteroatoms. The average molecular weight is 245 g/mol. The van der Waals surface area contributed by atoms with E-state index in [4.69, 9.17) is 4.74 Å². The lowest BCUT2D eigenvalue weighted by atomic mass is 9.98. The molecular weight excluding hydrogens is 225 g/mol. The van der Waals surface area contributed by atoms with Crippen LogP contribution in [0.15, 0.2) is 0 Å². The third-order valence-electron chi connectivity index (χ3n) is 3.40.